The molecule has 1 amide bonds. The van der Waals surface area contributed by atoms with Crippen molar-refractivity contribution in [3.05, 3.63) is 41.5 Å². The molecule has 0 aliphatic carbocycles. The molecule has 1 rings (SSSR count). The van der Waals surface area contributed by atoms with Crippen LogP contribution >= 0.6 is 0 Å². The number of sulfonamides is 1. The number of carbonyl (C=O) groups is 1. The van der Waals surface area contributed by atoms with E-state index in [-0.39, 0.29) is 11.9 Å². The van der Waals surface area contributed by atoms with E-state index < -0.39 is 10.0 Å². The van der Waals surface area contributed by atoms with Crippen LogP contribution in [0.3, 0.4) is 0 Å². The lowest BCUT2D eigenvalue weighted by molar-refractivity contribution is -0.117. The van der Waals surface area contributed by atoms with Crippen LogP contribution in [0.5, 0.6) is 0 Å². The van der Waals surface area contributed by atoms with Gasteiger partial charge < -0.3 is 5.32 Å². The summed E-state index contributed by atoms with van der Waals surface area (Å²) in [6.07, 6.45) is 2.64. The number of rotatable bonds is 5. The average molecular weight is 296 g/mol. The van der Waals surface area contributed by atoms with Crippen LogP contribution in [0.1, 0.15) is 32.4 Å². The number of carbonyl (C=O) groups excluding carboxylic acids is 1. The molecule has 0 aliphatic rings. The van der Waals surface area contributed by atoms with E-state index in [2.05, 4.69) is 10.0 Å². The fourth-order valence-corrected chi connectivity index (χ4v) is 2.22. The van der Waals surface area contributed by atoms with Gasteiger partial charge in [0.1, 0.15) is 0 Å². The molecule has 0 fully saturated rings. The Labute approximate surface area is 120 Å². The second-order valence-electron chi connectivity index (χ2n) is 4.95. The van der Waals surface area contributed by atoms with Crippen LogP contribution in [0.2, 0.25) is 0 Å². The first-order valence-corrected chi connectivity index (χ1v) is 8.09. The van der Waals surface area contributed by atoms with Crippen LogP contribution in [0.4, 0.5) is 5.69 Å². The lowest BCUT2D eigenvalue weighted by Gasteiger charge is -2.14. The lowest BCUT2D eigenvalue weighted by Crippen LogP contribution is -2.24. The van der Waals surface area contributed by atoms with Crippen molar-refractivity contribution in [2.45, 2.75) is 26.8 Å². The highest BCUT2D eigenvalue weighted by atomic mass is 32.2. The molecule has 5 nitrogen and oxygen atoms in total. The van der Waals surface area contributed by atoms with Gasteiger partial charge in [-0.3, -0.25) is 9.52 Å². The zero-order valence-electron chi connectivity index (χ0n) is 12.1. The summed E-state index contributed by atoms with van der Waals surface area (Å²) in [4.78, 5) is 11.6. The van der Waals surface area contributed by atoms with Crippen molar-refractivity contribution in [3.63, 3.8) is 0 Å². The van der Waals surface area contributed by atoms with Gasteiger partial charge in [0.05, 0.1) is 12.3 Å². The first kappa shape index (κ1) is 16.2. The van der Waals surface area contributed by atoms with E-state index in [0.717, 1.165) is 17.4 Å². The van der Waals surface area contributed by atoms with Crippen LogP contribution in [0.15, 0.2) is 35.9 Å². The molecule has 0 saturated heterocycles. The van der Waals surface area contributed by atoms with Crippen molar-refractivity contribution in [1.29, 1.82) is 0 Å². The van der Waals surface area contributed by atoms with E-state index in [0.29, 0.717) is 5.69 Å². The normalized spacial score (nSPS) is 12.4. The molecule has 6 heteroatoms. The zero-order valence-corrected chi connectivity index (χ0v) is 12.9. The molecular formula is C14H20N2O3S. The molecule has 1 aromatic rings. The van der Waals surface area contributed by atoms with E-state index in [1.165, 1.54) is 6.08 Å². The first-order chi connectivity index (χ1) is 9.17. The summed E-state index contributed by atoms with van der Waals surface area (Å²) >= 11 is 0. The Balaban J connectivity index is 2.73. The monoisotopic (exact) mass is 296 g/mol. The molecule has 1 aromatic carbocycles. The summed E-state index contributed by atoms with van der Waals surface area (Å²) in [5.41, 5.74) is 2.33. The number of amides is 1. The van der Waals surface area contributed by atoms with Crippen LogP contribution in [0.25, 0.3) is 0 Å². The van der Waals surface area contributed by atoms with E-state index in [9.17, 15) is 13.2 Å². The molecule has 0 spiro atoms. The molecule has 0 heterocycles. The predicted octanol–water partition coefficient (Wildman–Crippen LogP) is 2.20. The molecule has 0 saturated carbocycles. The van der Waals surface area contributed by atoms with Gasteiger partial charge in [0.2, 0.25) is 15.9 Å². The second-order valence-corrected chi connectivity index (χ2v) is 6.70. The molecule has 110 valence electrons. The standard InChI is InChI=1S/C14H20N2O3S/c1-10(2)9-14(17)15-11(3)12-5-7-13(8-6-12)16-20(4,18)19/h5-9,11,16H,1-4H3,(H,15,17). The van der Waals surface area contributed by atoms with Crippen molar-refractivity contribution < 1.29 is 13.2 Å². The number of hydrogen-bond donors (Lipinski definition) is 2. The molecule has 2 N–H and O–H groups in total. The first-order valence-electron chi connectivity index (χ1n) is 6.20. The van der Waals surface area contributed by atoms with E-state index >= 15 is 0 Å². The number of anilines is 1. The van der Waals surface area contributed by atoms with Crippen LogP contribution in [-0.4, -0.2) is 20.6 Å². The summed E-state index contributed by atoms with van der Waals surface area (Å²) in [5, 5.41) is 2.84. The molecule has 1 atom stereocenters. The Kier molecular flexibility index (Phi) is 5.33. The topological polar surface area (TPSA) is 75.3 Å². The number of hydrogen-bond acceptors (Lipinski definition) is 3. The van der Waals surface area contributed by atoms with Crippen molar-refractivity contribution in [3.8, 4) is 0 Å². The molecule has 0 aromatic heterocycles. The summed E-state index contributed by atoms with van der Waals surface area (Å²) < 4.78 is 24.6. The Morgan fingerprint density at radius 3 is 2.20 bits per heavy atom. The van der Waals surface area contributed by atoms with E-state index in [1.54, 1.807) is 24.3 Å². The molecule has 1 unspecified atom stereocenters. The van der Waals surface area contributed by atoms with Crippen LogP contribution < -0.4 is 10.0 Å². The van der Waals surface area contributed by atoms with Crippen LogP contribution in [0, 0.1) is 0 Å². The minimum absolute atomic E-state index is 0.143. The van der Waals surface area contributed by atoms with Gasteiger partial charge in [0, 0.05) is 11.8 Å². The van der Waals surface area contributed by atoms with Crippen molar-refractivity contribution in [1.82, 2.24) is 5.32 Å². The largest absolute Gasteiger partial charge is 0.346 e. The number of benzene rings is 1. The maximum Gasteiger partial charge on any atom is 0.244 e. The molecular weight excluding hydrogens is 276 g/mol. The van der Waals surface area contributed by atoms with Gasteiger partial charge in [-0.2, -0.15) is 0 Å². The Hall–Kier alpha value is -1.82. The minimum Gasteiger partial charge on any atom is -0.346 e. The highest BCUT2D eigenvalue weighted by Gasteiger charge is 2.08. The average Bonchev–Trinajstić information content (AvgIpc) is 2.26. The van der Waals surface area contributed by atoms with Gasteiger partial charge in [-0.25, -0.2) is 8.42 Å². The summed E-state index contributed by atoms with van der Waals surface area (Å²) in [6, 6.07) is 6.74. The van der Waals surface area contributed by atoms with E-state index in [1.807, 2.05) is 20.8 Å². The van der Waals surface area contributed by atoms with Gasteiger partial charge in [0.25, 0.3) is 0 Å². The van der Waals surface area contributed by atoms with Gasteiger partial charge in [-0.05, 0) is 38.5 Å². The summed E-state index contributed by atoms with van der Waals surface area (Å²) in [5.74, 6) is -0.143. The van der Waals surface area contributed by atoms with Crippen molar-refractivity contribution >= 4 is 21.6 Å². The predicted molar refractivity (Wildman–Crippen MR) is 80.9 cm³/mol. The Morgan fingerprint density at radius 1 is 1.20 bits per heavy atom. The highest BCUT2D eigenvalue weighted by Crippen LogP contribution is 2.16. The Bertz CT molecular complexity index is 600. The maximum atomic E-state index is 11.6. The molecule has 0 bridgehead atoms. The van der Waals surface area contributed by atoms with E-state index in [4.69, 9.17) is 0 Å². The van der Waals surface area contributed by atoms with Crippen LogP contribution in [-0.2, 0) is 14.8 Å². The van der Waals surface area contributed by atoms with Crippen molar-refractivity contribution in [2.24, 2.45) is 0 Å². The zero-order chi connectivity index (χ0) is 15.3. The number of nitrogens with one attached hydrogen (secondary N) is 2. The summed E-state index contributed by atoms with van der Waals surface area (Å²) in [7, 11) is -3.27. The van der Waals surface area contributed by atoms with Gasteiger partial charge in [-0.1, -0.05) is 17.7 Å². The highest BCUT2D eigenvalue weighted by molar-refractivity contribution is 7.92. The maximum absolute atomic E-state index is 11.6. The number of allylic oxidation sites excluding steroid dienone is 1. The van der Waals surface area contributed by atoms with Gasteiger partial charge >= 0.3 is 0 Å². The Morgan fingerprint density at radius 2 is 1.75 bits per heavy atom. The molecule has 20 heavy (non-hydrogen) atoms. The fraction of sp³-hybridized carbons (Fsp3) is 0.357. The summed E-state index contributed by atoms with van der Waals surface area (Å²) in [6.45, 7) is 5.58. The lowest BCUT2D eigenvalue weighted by atomic mass is 10.1. The molecule has 0 aliphatic heterocycles. The van der Waals surface area contributed by atoms with Crippen molar-refractivity contribution in [2.75, 3.05) is 11.0 Å². The third kappa shape index (κ3) is 5.88. The molecule has 0 radical (unpaired) electrons. The van der Waals surface area contributed by atoms with Gasteiger partial charge in [-0.15, -0.1) is 0 Å². The second kappa shape index (κ2) is 6.56. The third-order valence-corrected chi connectivity index (χ3v) is 3.10. The third-order valence-electron chi connectivity index (χ3n) is 2.49. The minimum atomic E-state index is -3.27. The quantitative estimate of drug-likeness (QED) is 0.818. The SMILES string of the molecule is CC(C)=CC(=O)NC(C)c1ccc(NS(C)(=O)=O)cc1. The van der Waals surface area contributed by atoms with Gasteiger partial charge in [0.15, 0.2) is 0 Å². The fourth-order valence-electron chi connectivity index (χ4n) is 1.65. The smallest absolute Gasteiger partial charge is 0.244 e.